The zero-order valence-corrected chi connectivity index (χ0v) is 17.5. The van der Waals surface area contributed by atoms with Crippen LogP contribution in [-0.2, 0) is 13.0 Å². The maximum absolute atomic E-state index is 13.4. The topological polar surface area (TPSA) is 36.7 Å². The molecule has 0 saturated carbocycles. The molecular weight excluding hydrogens is 384 g/mol. The van der Waals surface area contributed by atoms with Gasteiger partial charge >= 0.3 is 0 Å². The molecule has 0 radical (unpaired) electrons. The summed E-state index contributed by atoms with van der Waals surface area (Å²) in [5, 5.41) is 0.966. The van der Waals surface area contributed by atoms with Crippen molar-refractivity contribution in [2.75, 3.05) is 19.6 Å². The summed E-state index contributed by atoms with van der Waals surface area (Å²) in [4.78, 5) is 17.9. The number of piperazine rings is 1. The second kappa shape index (κ2) is 8.78. The van der Waals surface area contributed by atoms with Gasteiger partial charge in [-0.2, -0.15) is 0 Å². The van der Waals surface area contributed by atoms with Gasteiger partial charge in [-0.3, -0.25) is 9.69 Å². The standard InChI is InChI=1S/C27H26N2O2/c30-27(26-18-23-13-7-8-14-25(23)31-26)29-16-15-28(19-22-11-5-2-6-12-22)20-24(29)17-21-9-3-1-4-10-21/h1-14,18,24H,15-17,19-20H2/t24-/m0/s1. The number of para-hydroxylation sites is 1. The highest BCUT2D eigenvalue weighted by molar-refractivity contribution is 5.96. The Morgan fingerprint density at radius 1 is 0.839 bits per heavy atom. The van der Waals surface area contributed by atoms with Crippen molar-refractivity contribution in [2.24, 2.45) is 0 Å². The summed E-state index contributed by atoms with van der Waals surface area (Å²) >= 11 is 0. The van der Waals surface area contributed by atoms with E-state index < -0.39 is 0 Å². The molecule has 1 aliphatic heterocycles. The number of benzene rings is 3. The van der Waals surface area contributed by atoms with E-state index in [0.29, 0.717) is 12.3 Å². The van der Waals surface area contributed by atoms with E-state index in [4.69, 9.17) is 4.42 Å². The van der Waals surface area contributed by atoms with Crippen LogP contribution in [0.15, 0.2) is 95.4 Å². The molecule has 1 saturated heterocycles. The van der Waals surface area contributed by atoms with Crippen LogP contribution in [0.2, 0.25) is 0 Å². The van der Waals surface area contributed by atoms with Crippen LogP contribution in [0.1, 0.15) is 21.7 Å². The maximum Gasteiger partial charge on any atom is 0.289 e. The van der Waals surface area contributed by atoms with Gasteiger partial charge in [0.25, 0.3) is 5.91 Å². The number of furan rings is 1. The zero-order valence-electron chi connectivity index (χ0n) is 17.5. The predicted octanol–water partition coefficient (Wildman–Crippen LogP) is 5.00. The molecule has 1 aliphatic rings. The summed E-state index contributed by atoms with van der Waals surface area (Å²) in [5.74, 6) is 0.410. The fourth-order valence-electron chi connectivity index (χ4n) is 4.46. The molecule has 3 aromatic carbocycles. The molecule has 5 rings (SSSR count). The summed E-state index contributed by atoms with van der Waals surface area (Å²) in [6.45, 7) is 3.29. The maximum atomic E-state index is 13.4. The summed E-state index contributed by atoms with van der Waals surface area (Å²) in [7, 11) is 0. The van der Waals surface area contributed by atoms with Crippen LogP contribution in [0.4, 0.5) is 0 Å². The van der Waals surface area contributed by atoms with Gasteiger partial charge in [-0.1, -0.05) is 78.9 Å². The Bertz CT molecular complexity index is 1120. The monoisotopic (exact) mass is 410 g/mol. The SMILES string of the molecule is O=C(c1cc2ccccc2o1)N1CCN(Cc2ccccc2)C[C@@H]1Cc1ccccc1. The molecule has 2 heterocycles. The molecule has 0 bridgehead atoms. The zero-order chi connectivity index (χ0) is 21.0. The Balaban J connectivity index is 1.38. The van der Waals surface area contributed by atoms with Gasteiger partial charge in [0.2, 0.25) is 0 Å². The number of nitrogens with zero attached hydrogens (tertiary/aromatic N) is 2. The highest BCUT2D eigenvalue weighted by Crippen LogP contribution is 2.24. The molecule has 4 nitrogen and oxygen atoms in total. The second-order valence-electron chi connectivity index (χ2n) is 8.21. The van der Waals surface area contributed by atoms with Crippen molar-refractivity contribution in [1.82, 2.24) is 9.80 Å². The lowest BCUT2D eigenvalue weighted by Gasteiger charge is -2.41. The summed E-state index contributed by atoms with van der Waals surface area (Å²) in [6, 6.07) is 30.7. The van der Waals surface area contributed by atoms with E-state index >= 15 is 0 Å². The number of hydrogen-bond acceptors (Lipinski definition) is 3. The first-order valence-electron chi connectivity index (χ1n) is 10.9. The first-order chi connectivity index (χ1) is 15.3. The van der Waals surface area contributed by atoms with Gasteiger partial charge in [0, 0.05) is 37.6 Å². The van der Waals surface area contributed by atoms with Crippen LogP contribution in [0, 0.1) is 0 Å². The molecule has 0 aliphatic carbocycles. The van der Waals surface area contributed by atoms with Crippen LogP contribution in [0.25, 0.3) is 11.0 Å². The average Bonchev–Trinajstić information content (AvgIpc) is 3.25. The first-order valence-corrected chi connectivity index (χ1v) is 10.9. The highest BCUT2D eigenvalue weighted by atomic mass is 16.3. The molecule has 1 fully saturated rings. The van der Waals surface area contributed by atoms with E-state index in [1.165, 1.54) is 11.1 Å². The van der Waals surface area contributed by atoms with Crippen molar-refractivity contribution in [1.29, 1.82) is 0 Å². The fourth-order valence-corrected chi connectivity index (χ4v) is 4.46. The van der Waals surface area contributed by atoms with Gasteiger partial charge in [-0.05, 0) is 29.7 Å². The fraction of sp³-hybridized carbons (Fsp3) is 0.222. The van der Waals surface area contributed by atoms with Crippen LogP contribution >= 0.6 is 0 Å². The first kappa shape index (κ1) is 19.6. The minimum absolute atomic E-state index is 0.0171. The van der Waals surface area contributed by atoms with Gasteiger partial charge in [-0.15, -0.1) is 0 Å². The molecule has 31 heavy (non-hydrogen) atoms. The van der Waals surface area contributed by atoms with E-state index in [1.807, 2.05) is 47.4 Å². The van der Waals surface area contributed by atoms with Gasteiger partial charge in [0.15, 0.2) is 5.76 Å². The highest BCUT2D eigenvalue weighted by Gasteiger charge is 2.32. The Labute approximate surface area is 182 Å². The van der Waals surface area contributed by atoms with Crippen LogP contribution in [0.5, 0.6) is 0 Å². The van der Waals surface area contributed by atoms with Crippen molar-refractivity contribution in [2.45, 2.75) is 19.0 Å². The smallest absolute Gasteiger partial charge is 0.289 e. The molecule has 4 aromatic rings. The third-order valence-electron chi connectivity index (χ3n) is 6.03. The summed E-state index contributed by atoms with van der Waals surface area (Å²) < 4.78 is 5.90. The molecular formula is C27H26N2O2. The molecule has 0 N–H and O–H groups in total. The lowest BCUT2D eigenvalue weighted by molar-refractivity contribution is 0.0412. The van der Waals surface area contributed by atoms with Crippen molar-refractivity contribution in [3.8, 4) is 0 Å². The predicted molar refractivity (Wildman–Crippen MR) is 123 cm³/mol. The number of rotatable bonds is 5. The number of carbonyl (C=O) groups excluding carboxylic acids is 1. The molecule has 156 valence electrons. The van der Waals surface area contributed by atoms with Gasteiger partial charge < -0.3 is 9.32 Å². The third kappa shape index (κ3) is 4.39. The second-order valence-corrected chi connectivity index (χ2v) is 8.21. The average molecular weight is 411 g/mol. The molecule has 1 atom stereocenters. The molecule has 0 unspecified atom stereocenters. The van der Waals surface area contributed by atoms with Crippen molar-refractivity contribution >= 4 is 16.9 Å². The van der Waals surface area contributed by atoms with Crippen molar-refractivity contribution < 1.29 is 9.21 Å². The molecule has 4 heteroatoms. The van der Waals surface area contributed by atoms with E-state index in [0.717, 1.165) is 37.0 Å². The van der Waals surface area contributed by atoms with Crippen LogP contribution in [0.3, 0.4) is 0 Å². The van der Waals surface area contributed by atoms with Crippen molar-refractivity contribution in [3.05, 3.63) is 108 Å². The van der Waals surface area contributed by atoms with Gasteiger partial charge in [-0.25, -0.2) is 0 Å². The summed E-state index contributed by atoms with van der Waals surface area (Å²) in [5.41, 5.74) is 3.31. The Morgan fingerprint density at radius 2 is 1.52 bits per heavy atom. The Morgan fingerprint density at radius 3 is 2.26 bits per heavy atom. The molecule has 1 amide bonds. The Hall–Kier alpha value is -3.37. The number of carbonyl (C=O) groups is 1. The normalized spacial score (nSPS) is 17.2. The van der Waals surface area contributed by atoms with E-state index in [1.54, 1.807) is 0 Å². The Kier molecular flexibility index (Phi) is 5.55. The van der Waals surface area contributed by atoms with E-state index in [2.05, 4.69) is 53.4 Å². The largest absolute Gasteiger partial charge is 0.451 e. The lowest BCUT2D eigenvalue weighted by Crippen LogP contribution is -2.55. The number of hydrogen-bond donors (Lipinski definition) is 0. The van der Waals surface area contributed by atoms with E-state index in [-0.39, 0.29) is 11.9 Å². The molecule has 0 spiro atoms. The van der Waals surface area contributed by atoms with Gasteiger partial charge in [0.05, 0.1) is 0 Å². The number of amides is 1. The summed E-state index contributed by atoms with van der Waals surface area (Å²) in [6.07, 6.45) is 0.831. The molecule has 1 aromatic heterocycles. The van der Waals surface area contributed by atoms with Crippen molar-refractivity contribution in [3.63, 3.8) is 0 Å². The lowest BCUT2D eigenvalue weighted by atomic mass is 10.0. The van der Waals surface area contributed by atoms with Crippen LogP contribution in [-0.4, -0.2) is 41.4 Å². The van der Waals surface area contributed by atoms with Crippen LogP contribution < -0.4 is 0 Å². The number of fused-ring (bicyclic) bond motifs is 1. The quantitative estimate of drug-likeness (QED) is 0.464. The minimum atomic E-state index is -0.0171. The third-order valence-corrected chi connectivity index (χ3v) is 6.03. The van der Waals surface area contributed by atoms with Gasteiger partial charge in [0.1, 0.15) is 5.58 Å². The minimum Gasteiger partial charge on any atom is -0.451 e. The van der Waals surface area contributed by atoms with E-state index in [9.17, 15) is 4.79 Å².